The van der Waals surface area contributed by atoms with E-state index >= 15 is 0 Å². The standard InChI is InChI=1S/C20H19ClN4O2S/c1-11(26)3-8-17(27)12-4-7-16-15(9-12)22-19(25(16)2)24-20-23-14-6-5-13(21)10-18(14)28-20/h4-7,9-11,26H,3,8H2,1-2H3,(H,22,23,24)/t11-/m1/s1. The van der Waals surface area contributed by atoms with Gasteiger partial charge < -0.3 is 15.0 Å². The molecule has 0 amide bonds. The lowest BCUT2D eigenvalue weighted by Crippen LogP contribution is -2.05. The molecule has 0 aliphatic carbocycles. The van der Waals surface area contributed by atoms with E-state index in [9.17, 15) is 9.90 Å². The van der Waals surface area contributed by atoms with Crippen molar-refractivity contribution in [1.82, 2.24) is 14.5 Å². The summed E-state index contributed by atoms with van der Waals surface area (Å²) in [5, 5.41) is 14.0. The van der Waals surface area contributed by atoms with Gasteiger partial charge in [-0.1, -0.05) is 22.9 Å². The Balaban J connectivity index is 1.62. The minimum atomic E-state index is -0.484. The Morgan fingerprint density at radius 1 is 1.25 bits per heavy atom. The van der Waals surface area contributed by atoms with Crippen molar-refractivity contribution in [3.63, 3.8) is 0 Å². The van der Waals surface area contributed by atoms with Crippen LogP contribution in [-0.4, -0.2) is 31.5 Å². The van der Waals surface area contributed by atoms with E-state index in [0.29, 0.717) is 29.4 Å². The van der Waals surface area contributed by atoms with E-state index in [-0.39, 0.29) is 5.78 Å². The molecule has 0 bridgehead atoms. The zero-order chi connectivity index (χ0) is 19.8. The largest absolute Gasteiger partial charge is 0.393 e. The smallest absolute Gasteiger partial charge is 0.209 e. The summed E-state index contributed by atoms with van der Waals surface area (Å²) in [5.41, 5.74) is 3.13. The summed E-state index contributed by atoms with van der Waals surface area (Å²) in [7, 11) is 1.91. The fourth-order valence-electron chi connectivity index (χ4n) is 3.02. The minimum Gasteiger partial charge on any atom is -0.393 e. The maximum absolute atomic E-state index is 12.3. The predicted molar refractivity (Wildman–Crippen MR) is 114 cm³/mol. The maximum Gasteiger partial charge on any atom is 0.209 e. The number of Topliss-reactive ketones (excluding diaryl/α,β-unsaturated/α-hetero) is 1. The van der Waals surface area contributed by atoms with Crippen LogP contribution in [0, 0.1) is 0 Å². The summed E-state index contributed by atoms with van der Waals surface area (Å²) in [6, 6.07) is 11.1. The fraction of sp³-hybridized carbons (Fsp3) is 0.250. The number of aliphatic hydroxyl groups excluding tert-OH is 1. The van der Waals surface area contributed by atoms with Crippen molar-refractivity contribution in [2.24, 2.45) is 7.05 Å². The Labute approximate surface area is 170 Å². The van der Waals surface area contributed by atoms with Crippen LogP contribution in [0.15, 0.2) is 36.4 Å². The molecule has 0 radical (unpaired) electrons. The first-order valence-electron chi connectivity index (χ1n) is 8.91. The Bertz CT molecular complexity index is 1180. The van der Waals surface area contributed by atoms with Crippen LogP contribution >= 0.6 is 22.9 Å². The summed E-state index contributed by atoms with van der Waals surface area (Å²) in [6.45, 7) is 1.68. The van der Waals surface area contributed by atoms with Gasteiger partial charge in [0.05, 0.1) is 27.4 Å². The molecule has 8 heteroatoms. The van der Waals surface area contributed by atoms with Crippen LogP contribution < -0.4 is 5.32 Å². The first-order valence-corrected chi connectivity index (χ1v) is 10.1. The van der Waals surface area contributed by atoms with Gasteiger partial charge in [-0.05, 0) is 49.7 Å². The van der Waals surface area contributed by atoms with Crippen LogP contribution in [-0.2, 0) is 7.05 Å². The van der Waals surface area contributed by atoms with Crippen molar-refractivity contribution < 1.29 is 9.90 Å². The molecule has 0 aliphatic heterocycles. The van der Waals surface area contributed by atoms with Crippen molar-refractivity contribution in [2.45, 2.75) is 25.9 Å². The SMILES string of the molecule is C[C@@H](O)CCC(=O)c1ccc2c(c1)nc(Nc1nc3ccc(Cl)cc3s1)n2C. The topological polar surface area (TPSA) is 80.0 Å². The summed E-state index contributed by atoms with van der Waals surface area (Å²) in [6.07, 6.45) is 0.283. The third kappa shape index (κ3) is 3.73. The number of hydrogen-bond donors (Lipinski definition) is 2. The lowest BCUT2D eigenvalue weighted by molar-refractivity contribution is 0.0949. The van der Waals surface area contributed by atoms with E-state index in [2.05, 4.69) is 15.3 Å². The number of imidazole rings is 1. The Morgan fingerprint density at radius 3 is 2.86 bits per heavy atom. The highest BCUT2D eigenvalue weighted by Gasteiger charge is 2.14. The third-order valence-corrected chi connectivity index (χ3v) is 5.73. The van der Waals surface area contributed by atoms with Gasteiger partial charge in [0.2, 0.25) is 5.95 Å². The highest BCUT2D eigenvalue weighted by molar-refractivity contribution is 7.22. The molecule has 2 aromatic heterocycles. The van der Waals surface area contributed by atoms with Crippen LogP contribution in [0.25, 0.3) is 21.3 Å². The van der Waals surface area contributed by atoms with Crippen LogP contribution in [0.1, 0.15) is 30.1 Å². The second-order valence-corrected chi connectivity index (χ2v) is 8.23. The van der Waals surface area contributed by atoms with Gasteiger partial charge in [-0.15, -0.1) is 0 Å². The van der Waals surface area contributed by atoms with Gasteiger partial charge in [0.15, 0.2) is 10.9 Å². The van der Waals surface area contributed by atoms with Gasteiger partial charge in [0.1, 0.15) is 0 Å². The van der Waals surface area contributed by atoms with Crippen molar-refractivity contribution in [1.29, 1.82) is 0 Å². The minimum absolute atomic E-state index is 0.00557. The van der Waals surface area contributed by atoms with Crippen molar-refractivity contribution >= 4 is 61.1 Å². The lowest BCUT2D eigenvalue weighted by Gasteiger charge is -2.04. The number of aryl methyl sites for hydroxylation is 1. The molecule has 28 heavy (non-hydrogen) atoms. The number of nitrogens with one attached hydrogen (secondary N) is 1. The second-order valence-electron chi connectivity index (χ2n) is 6.76. The molecule has 0 aliphatic rings. The molecule has 1 atom stereocenters. The first kappa shape index (κ1) is 18.9. The number of rotatable bonds is 6. The Kier molecular flexibility index (Phi) is 5.05. The third-order valence-electron chi connectivity index (χ3n) is 4.56. The monoisotopic (exact) mass is 414 g/mol. The molecule has 4 aromatic rings. The second kappa shape index (κ2) is 7.50. The molecule has 2 aromatic carbocycles. The van der Waals surface area contributed by atoms with Crippen LogP contribution in [0.4, 0.5) is 11.1 Å². The molecule has 0 saturated carbocycles. The number of aliphatic hydroxyl groups is 1. The summed E-state index contributed by atoms with van der Waals surface area (Å²) in [4.78, 5) is 21.5. The van der Waals surface area contributed by atoms with Crippen molar-refractivity contribution in [3.8, 4) is 0 Å². The van der Waals surface area contributed by atoms with Crippen LogP contribution in [0.2, 0.25) is 5.02 Å². The van der Waals surface area contributed by atoms with Crippen LogP contribution in [0.3, 0.4) is 0 Å². The maximum atomic E-state index is 12.3. The summed E-state index contributed by atoms with van der Waals surface area (Å²) < 4.78 is 2.93. The van der Waals surface area contributed by atoms with Crippen molar-refractivity contribution in [2.75, 3.05) is 5.32 Å². The number of ketones is 1. The van der Waals surface area contributed by atoms with E-state index in [4.69, 9.17) is 11.6 Å². The molecule has 0 unspecified atom stereocenters. The quantitative estimate of drug-likeness (QED) is 0.437. The average molecular weight is 415 g/mol. The number of anilines is 2. The molecule has 0 spiro atoms. The van der Waals surface area contributed by atoms with E-state index in [1.165, 1.54) is 11.3 Å². The molecule has 0 saturated heterocycles. The van der Waals surface area contributed by atoms with Gasteiger partial charge in [0.25, 0.3) is 0 Å². The van der Waals surface area contributed by atoms with E-state index in [1.54, 1.807) is 19.1 Å². The fourth-order valence-corrected chi connectivity index (χ4v) is 4.15. The van der Waals surface area contributed by atoms with E-state index < -0.39 is 6.10 Å². The number of hydrogen-bond acceptors (Lipinski definition) is 6. The average Bonchev–Trinajstić information content (AvgIpc) is 3.19. The molecule has 0 fully saturated rings. The Hall–Kier alpha value is -2.48. The molecule has 2 heterocycles. The first-order chi connectivity index (χ1) is 13.4. The molecular weight excluding hydrogens is 396 g/mol. The number of nitrogens with zero attached hydrogens (tertiary/aromatic N) is 3. The number of fused-ring (bicyclic) bond motifs is 2. The van der Waals surface area contributed by atoms with Gasteiger partial charge in [0, 0.05) is 24.1 Å². The van der Waals surface area contributed by atoms with E-state index in [0.717, 1.165) is 26.4 Å². The predicted octanol–water partition coefficient (Wildman–Crippen LogP) is 4.92. The molecule has 6 nitrogen and oxygen atoms in total. The van der Waals surface area contributed by atoms with E-state index in [1.807, 2.05) is 35.9 Å². The lowest BCUT2D eigenvalue weighted by atomic mass is 10.0. The highest BCUT2D eigenvalue weighted by Crippen LogP contribution is 2.31. The van der Waals surface area contributed by atoms with Crippen molar-refractivity contribution in [3.05, 3.63) is 47.0 Å². The van der Waals surface area contributed by atoms with Gasteiger partial charge in [-0.25, -0.2) is 9.97 Å². The highest BCUT2D eigenvalue weighted by atomic mass is 35.5. The molecule has 2 N–H and O–H groups in total. The number of carbonyl (C=O) groups is 1. The zero-order valence-corrected chi connectivity index (χ0v) is 17.0. The Morgan fingerprint density at radius 2 is 2.07 bits per heavy atom. The molecule has 144 valence electrons. The summed E-state index contributed by atoms with van der Waals surface area (Å²) >= 11 is 7.55. The number of benzene rings is 2. The number of carbonyl (C=O) groups excluding carboxylic acids is 1. The normalized spacial score (nSPS) is 12.6. The number of thiazole rings is 1. The number of aromatic nitrogens is 3. The van der Waals surface area contributed by atoms with Gasteiger partial charge in [-0.3, -0.25) is 4.79 Å². The molecule has 4 rings (SSSR count). The molecular formula is C20H19ClN4O2S. The van der Waals surface area contributed by atoms with Crippen LogP contribution in [0.5, 0.6) is 0 Å². The van der Waals surface area contributed by atoms with Gasteiger partial charge >= 0.3 is 0 Å². The zero-order valence-electron chi connectivity index (χ0n) is 15.4. The number of halogens is 1. The summed E-state index contributed by atoms with van der Waals surface area (Å²) in [5.74, 6) is 0.653. The van der Waals surface area contributed by atoms with Gasteiger partial charge in [-0.2, -0.15) is 0 Å².